The number of nitrogens with one attached hydrogen (secondary N) is 1. The Morgan fingerprint density at radius 3 is 2.50 bits per heavy atom. The normalized spacial score (nSPS) is 10.1. The summed E-state index contributed by atoms with van der Waals surface area (Å²) in [5.41, 5.74) is 1.60. The van der Waals surface area contributed by atoms with Crippen LogP contribution in [0.2, 0.25) is 5.02 Å². The molecular weight excluding hydrogens is 278 g/mol. The molecule has 0 unspecified atom stereocenters. The molecule has 2 aromatic rings. The smallest absolute Gasteiger partial charge is 0.337 e. The minimum absolute atomic E-state index is 0.0308. The zero-order valence-corrected chi connectivity index (χ0v) is 11.4. The number of hydrogen-bond acceptors (Lipinski definition) is 2. The molecule has 1 amide bonds. The summed E-state index contributed by atoms with van der Waals surface area (Å²) >= 11 is 5.94. The van der Waals surface area contributed by atoms with Crippen LogP contribution in [0.3, 0.4) is 0 Å². The highest BCUT2D eigenvalue weighted by Crippen LogP contribution is 2.29. The molecule has 2 aromatic carbocycles. The van der Waals surface area contributed by atoms with Crippen LogP contribution in [0.5, 0.6) is 0 Å². The van der Waals surface area contributed by atoms with Crippen LogP contribution < -0.4 is 5.32 Å². The van der Waals surface area contributed by atoms with Crippen LogP contribution in [-0.2, 0) is 0 Å². The third-order valence-electron chi connectivity index (χ3n) is 2.89. The van der Waals surface area contributed by atoms with Gasteiger partial charge in [0.05, 0.1) is 10.6 Å². The Bertz CT molecular complexity index is 683. The van der Waals surface area contributed by atoms with E-state index < -0.39 is 5.97 Å². The summed E-state index contributed by atoms with van der Waals surface area (Å²) in [5.74, 6) is -1.33. The molecule has 0 aromatic heterocycles. The maximum absolute atomic E-state index is 11.6. The average molecular weight is 290 g/mol. The van der Waals surface area contributed by atoms with E-state index in [1.807, 2.05) is 0 Å². The lowest BCUT2D eigenvalue weighted by Gasteiger charge is -2.09. The van der Waals surface area contributed by atoms with Crippen LogP contribution in [0, 0.1) is 0 Å². The third kappa shape index (κ3) is 2.65. The molecule has 0 radical (unpaired) electrons. The van der Waals surface area contributed by atoms with Gasteiger partial charge in [-0.05, 0) is 29.3 Å². The van der Waals surface area contributed by atoms with E-state index in [9.17, 15) is 14.7 Å². The van der Waals surface area contributed by atoms with Crippen LogP contribution in [0.25, 0.3) is 11.1 Å². The molecule has 0 bridgehead atoms. The van der Waals surface area contributed by atoms with Crippen molar-refractivity contribution in [3.05, 3.63) is 58.6 Å². The highest BCUT2D eigenvalue weighted by molar-refractivity contribution is 6.34. The van der Waals surface area contributed by atoms with E-state index >= 15 is 0 Å². The molecule has 2 rings (SSSR count). The molecule has 0 heterocycles. The van der Waals surface area contributed by atoms with E-state index in [4.69, 9.17) is 11.6 Å². The van der Waals surface area contributed by atoms with Crippen LogP contribution in [-0.4, -0.2) is 24.0 Å². The minimum Gasteiger partial charge on any atom is -0.478 e. The van der Waals surface area contributed by atoms with Gasteiger partial charge in [-0.1, -0.05) is 35.9 Å². The van der Waals surface area contributed by atoms with Gasteiger partial charge in [-0.3, -0.25) is 4.79 Å². The average Bonchev–Trinajstić information content (AvgIpc) is 2.45. The number of carboxylic acids is 1. The van der Waals surface area contributed by atoms with Crippen molar-refractivity contribution < 1.29 is 14.7 Å². The van der Waals surface area contributed by atoms with Gasteiger partial charge >= 0.3 is 5.97 Å². The number of amides is 1. The lowest BCUT2D eigenvalue weighted by Crippen LogP contribution is -2.17. The van der Waals surface area contributed by atoms with E-state index in [-0.39, 0.29) is 16.5 Å². The van der Waals surface area contributed by atoms with Gasteiger partial charge in [-0.15, -0.1) is 0 Å². The Balaban J connectivity index is 2.60. The summed E-state index contributed by atoms with van der Waals surface area (Å²) in [6.07, 6.45) is 0. The number of benzene rings is 2. The molecule has 0 aliphatic heterocycles. The molecule has 5 heteroatoms. The zero-order valence-electron chi connectivity index (χ0n) is 10.7. The van der Waals surface area contributed by atoms with Gasteiger partial charge < -0.3 is 10.4 Å². The number of rotatable bonds is 3. The van der Waals surface area contributed by atoms with E-state index in [0.29, 0.717) is 16.7 Å². The molecule has 2 N–H and O–H groups in total. The van der Waals surface area contributed by atoms with Crippen molar-refractivity contribution in [2.24, 2.45) is 0 Å². The maximum atomic E-state index is 11.6. The number of carboxylic acid groups (broad SMARTS) is 1. The van der Waals surface area contributed by atoms with Gasteiger partial charge in [0, 0.05) is 12.6 Å². The monoisotopic (exact) mass is 289 g/mol. The van der Waals surface area contributed by atoms with Gasteiger partial charge in [0.1, 0.15) is 0 Å². The van der Waals surface area contributed by atoms with Crippen molar-refractivity contribution in [2.45, 2.75) is 0 Å². The van der Waals surface area contributed by atoms with Gasteiger partial charge in [0.2, 0.25) is 0 Å². The fourth-order valence-electron chi connectivity index (χ4n) is 1.95. The number of carbonyl (C=O) groups excluding carboxylic acids is 1. The van der Waals surface area contributed by atoms with E-state index in [1.54, 1.807) is 36.4 Å². The molecule has 4 nitrogen and oxygen atoms in total. The van der Waals surface area contributed by atoms with E-state index in [0.717, 1.165) is 0 Å². The molecule has 0 aliphatic rings. The molecule has 0 spiro atoms. The standard InChI is InChI=1S/C15H12ClNO3/c1-17-14(18)10-5-2-4-9(8-10)11-6-3-7-12(16)13(11)15(19)20/h2-8H,1H3,(H,17,18)(H,19,20). The Hall–Kier alpha value is -2.33. The Labute approximate surface area is 121 Å². The zero-order chi connectivity index (χ0) is 14.7. The molecular formula is C15H12ClNO3. The molecule has 0 atom stereocenters. The van der Waals surface area contributed by atoms with Crippen molar-refractivity contribution >= 4 is 23.5 Å². The van der Waals surface area contributed by atoms with Crippen molar-refractivity contribution in [1.82, 2.24) is 5.32 Å². The van der Waals surface area contributed by atoms with Gasteiger partial charge in [0.15, 0.2) is 0 Å². The fourth-order valence-corrected chi connectivity index (χ4v) is 2.21. The maximum Gasteiger partial charge on any atom is 0.337 e. The molecule has 0 fully saturated rings. The summed E-state index contributed by atoms with van der Waals surface area (Å²) in [7, 11) is 1.54. The highest BCUT2D eigenvalue weighted by Gasteiger charge is 2.16. The fraction of sp³-hybridized carbons (Fsp3) is 0.0667. The van der Waals surface area contributed by atoms with Crippen molar-refractivity contribution in [3.8, 4) is 11.1 Å². The second kappa shape index (κ2) is 5.75. The summed E-state index contributed by atoms with van der Waals surface area (Å²) in [4.78, 5) is 23.0. The first-order valence-corrected chi connectivity index (χ1v) is 6.26. The highest BCUT2D eigenvalue weighted by atomic mass is 35.5. The van der Waals surface area contributed by atoms with Gasteiger partial charge in [0.25, 0.3) is 5.91 Å². The Morgan fingerprint density at radius 2 is 1.85 bits per heavy atom. The molecule has 0 saturated carbocycles. The second-order valence-electron chi connectivity index (χ2n) is 4.13. The largest absolute Gasteiger partial charge is 0.478 e. The number of carbonyl (C=O) groups is 2. The van der Waals surface area contributed by atoms with Crippen LogP contribution in [0.4, 0.5) is 0 Å². The van der Waals surface area contributed by atoms with Gasteiger partial charge in [-0.2, -0.15) is 0 Å². The quantitative estimate of drug-likeness (QED) is 0.912. The molecule has 102 valence electrons. The lowest BCUT2D eigenvalue weighted by molar-refractivity contribution is 0.0697. The van der Waals surface area contributed by atoms with Crippen LogP contribution >= 0.6 is 11.6 Å². The predicted molar refractivity (Wildman–Crippen MR) is 77.2 cm³/mol. The molecule has 20 heavy (non-hydrogen) atoms. The summed E-state index contributed by atoms with van der Waals surface area (Å²) in [5, 5.41) is 12.0. The first-order chi connectivity index (χ1) is 9.54. The van der Waals surface area contributed by atoms with Crippen LogP contribution in [0.15, 0.2) is 42.5 Å². The molecule has 0 saturated heterocycles. The van der Waals surface area contributed by atoms with E-state index in [2.05, 4.69) is 5.32 Å². The van der Waals surface area contributed by atoms with Crippen molar-refractivity contribution in [2.75, 3.05) is 7.05 Å². The first kappa shape index (κ1) is 14.1. The second-order valence-corrected chi connectivity index (χ2v) is 4.53. The lowest BCUT2D eigenvalue weighted by atomic mass is 9.98. The molecule has 0 aliphatic carbocycles. The predicted octanol–water partition coefficient (Wildman–Crippen LogP) is 3.06. The number of halogens is 1. The van der Waals surface area contributed by atoms with Crippen molar-refractivity contribution in [3.63, 3.8) is 0 Å². The summed E-state index contributed by atoms with van der Waals surface area (Å²) in [6.45, 7) is 0. The van der Waals surface area contributed by atoms with Gasteiger partial charge in [-0.25, -0.2) is 4.79 Å². The van der Waals surface area contributed by atoms with E-state index in [1.165, 1.54) is 13.1 Å². The van der Waals surface area contributed by atoms with Crippen molar-refractivity contribution in [1.29, 1.82) is 0 Å². The number of hydrogen-bond donors (Lipinski definition) is 2. The van der Waals surface area contributed by atoms with Crippen LogP contribution in [0.1, 0.15) is 20.7 Å². The topological polar surface area (TPSA) is 66.4 Å². The first-order valence-electron chi connectivity index (χ1n) is 5.89. The summed E-state index contributed by atoms with van der Waals surface area (Å²) < 4.78 is 0. The minimum atomic E-state index is -1.10. The third-order valence-corrected chi connectivity index (χ3v) is 3.21. The Morgan fingerprint density at radius 1 is 1.15 bits per heavy atom. The summed E-state index contributed by atoms with van der Waals surface area (Å²) in [6, 6.07) is 11.6. The Kier molecular flexibility index (Phi) is 4.05. The SMILES string of the molecule is CNC(=O)c1cccc(-c2cccc(Cl)c2C(=O)O)c1. The number of aromatic carboxylic acids is 1.